The van der Waals surface area contributed by atoms with Crippen LogP contribution in [0.5, 0.6) is 5.75 Å². The van der Waals surface area contributed by atoms with Crippen molar-refractivity contribution >= 4 is 0 Å². The van der Waals surface area contributed by atoms with E-state index in [0.29, 0.717) is 5.56 Å². The first kappa shape index (κ1) is 11.5. The summed E-state index contributed by atoms with van der Waals surface area (Å²) < 4.78 is 18.6. The Balaban J connectivity index is 2.30. The number of nitrogens with zero attached hydrogens (tertiary/aromatic N) is 1. The molecule has 1 aromatic heterocycles. The first-order valence-electron chi connectivity index (χ1n) is 5.21. The van der Waals surface area contributed by atoms with E-state index in [9.17, 15) is 4.39 Å². The molecule has 17 heavy (non-hydrogen) atoms. The van der Waals surface area contributed by atoms with E-state index in [1.165, 1.54) is 12.4 Å². The van der Waals surface area contributed by atoms with Gasteiger partial charge >= 0.3 is 0 Å². The zero-order valence-corrected chi connectivity index (χ0v) is 9.43. The Kier molecular flexibility index (Phi) is 3.35. The van der Waals surface area contributed by atoms with Crippen LogP contribution >= 0.6 is 0 Å². The molecule has 4 heteroatoms. The van der Waals surface area contributed by atoms with Crippen LogP contribution in [0.15, 0.2) is 42.7 Å². The average molecular weight is 232 g/mol. The van der Waals surface area contributed by atoms with Gasteiger partial charge in [-0.15, -0.1) is 0 Å². The zero-order chi connectivity index (χ0) is 12.3. The highest BCUT2D eigenvalue weighted by Gasteiger charge is 2.13. The number of hydrogen-bond donors (Lipinski definition) is 1. The Morgan fingerprint density at radius 1 is 1.24 bits per heavy atom. The van der Waals surface area contributed by atoms with Gasteiger partial charge in [-0.25, -0.2) is 4.39 Å². The Hall–Kier alpha value is -1.94. The summed E-state index contributed by atoms with van der Waals surface area (Å²) in [6, 6.07) is 8.34. The van der Waals surface area contributed by atoms with E-state index >= 15 is 0 Å². The first-order chi connectivity index (χ1) is 8.22. The lowest BCUT2D eigenvalue weighted by Crippen LogP contribution is -2.13. The second-order valence-electron chi connectivity index (χ2n) is 3.65. The predicted octanol–water partition coefficient (Wildman–Crippen LogP) is 2.28. The van der Waals surface area contributed by atoms with Gasteiger partial charge in [-0.1, -0.05) is 12.1 Å². The standard InChI is InChI=1S/C13H13FN2O/c1-17-10-4-2-9(3-5-10)13(15)11-6-7-16-8-12(11)14/h2-8,13H,15H2,1H3. The Morgan fingerprint density at radius 2 is 1.94 bits per heavy atom. The van der Waals surface area contributed by atoms with Crippen LogP contribution in [0.3, 0.4) is 0 Å². The van der Waals surface area contributed by atoms with E-state index in [-0.39, 0.29) is 0 Å². The van der Waals surface area contributed by atoms with Crippen molar-refractivity contribution in [2.24, 2.45) is 5.73 Å². The fourth-order valence-corrected chi connectivity index (χ4v) is 1.63. The number of halogens is 1. The lowest BCUT2D eigenvalue weighted by Gasteiger charge is -2.13. The molecule has 2 aromatic rings. The molecule has 0 spiro atoms. The largest absolute Gasteiger partial charge is 0.497 e. The molecular weight excluding hydrogens is 219 g/mol. The quantitative estimate of drug-likeness (QED) is 0.883. The number of aromatic nitrogens is 1. The second-order valence-corrected chi connectivity index (χ2v) is 3.65. The third kappa shape index (κ3) is 2.42. The minimum atomic E-state index is -0.496. The van der Waals surface area contributed by atoms with Crippen molar-refractivity contribution in [1.29, 1.82) is 0 Å². The highest BCUT2D eigenvalue weighted by atomic mass is 19.1. The van der Waals surface area contributed by atoms with Gasteiger partial charge in [0.2, 0.25) is 0 Å². The van der Waals surface area contributed by atoms with Crippen LogP contribution in [-0.4, -0.2) is 12.1 Å². The van der Waals surface area contributed by atoms with Gasteiger partial charge in [0.05, 0.1) is 19.3 Å². The average Bonchev–Trinajstić information content (AvgIpc) is 2.39. The van der Waals surface area contributed by atoms with Crippen LogP contribution < -0.4 is 10.5 Å². The van der Waals surface area contributed by atoms with Crippen molar-refractivity contribution in [3.05, 3.63) is 59.7 Å². The first-order valence-corrected chi connectivity index (χ1v) is 5.21. The van der Waals surface area contributed by atoms with Gasteiger partial charge in [0.25, 0.3) is 0 Å². The van der Waals surface area contributed by atoms with Crippen molar-refractivity contribution in [3.63, 3.8) is 0 Å². The maximum absolute atomic E-state index is 13.5. The summed E-state index contributed by atoms with van der Waals surface area (Å²) in [6.07, 6.45) is 2.69. The molecule has 0 bridgehead atoms. The van der Waals surface area contributed by atoms with Crippen LogP contribution in [0.1, 0.15) is 17.2 Å². The van der Waals surface area contributed by atoms with E-state index in [1.807, 2.05) is 12.1 Å². The number of rotatable bonds is 3. The monoisotopic (exact) mass is 232 g/mol. The number of methoxy groups -OCH3 is 1. The SMILES string of the molecule is COc1ccc(C(N)c2ccncc2F)cc1. The number of nitrogens with two attached hydrogens (primary N) is 1. The highest BCUT2D eigenvalue weighted by Crippen LogP contribution is 2.23. The normalized spacial score (nSPS) is 12.2. The number of pyridine rings is 1. The summed E-state index contributed by atoms with van der Waals surface area (Å²) in [7, 11) is 1.59. The smallest absolute Gasteiger partial charge is 0.146 e. The molecule has 0 aliphatic carbocycles. The Bertz CT molecular complexity index is 499. The molecule has 0 aliphatic heterocycles. The van der Waals surface area contributed by atoms with E-state index in [4.69, 9.17) is 10.5 Å². The molecule has 0 fully saturated rings. The molecule has 0 radical (unpaired) electrons. The third-order valence-corrected chi connectivity index (χ3v) is 2.61. The van der Waals surface area contributed by atoms with Gasteiger partial charge in [-0.2, -0.15) is 0 Å². The van der Waals surface area contributed by atoms with Crippen LogP contribution in [0.25, 0.3) is 0 Å². The Morgan fingerprint density at radius 3 is 2.53 bits per heavy atom. The number of hydrogen-bond acceptors (Lipinski definition) is 3. The topological polar surface area (TPSA) is 48.1 Å². The van der Waals surface area contributed by atoms with E-state index in [2.05, 4.69) is 4.98 Å². The molecule has 88 valence electrons. The van der Waals surface area contributed by atoms with Gasteiger partial charge in [0.15, 0.2) is 0 Å². The zero-order valence-electron chi connectivity index (χ0n) is 9.43. The lowest BCUT2D eigenvalue weighted by molar-refractivity contribution is 0.414. The van der Waals surface area contributed by atoms with Crippen molar-refractivity contribution in [3.8, 4) is 5.75 Å². The van der Waals surface area contributed by atoms with Gasteiger partial charge in [0, 0.05) is 11.8 Å². The van der Waals surface area contributed by atoms with E-state index in [0.717, 1.165) is 11.3 Å². The molecule has 0 saturated heterocycles. The van der Waals surface area contributed by atoms with Crippen LogP contribution in [0.4, 0.5) is 4.39 Å². The summed E-state index contributed by atoms with van der Waals surface area (Å²) in [4.78, 5) is 3.70. The molecule has 3 nitrogen and oxygen atoms in total. The summed E-state index contributed by atoms with van der Waals surface area (Å²) in [5.41, 5.74) is 7.26. The highest BCUT2D eigenvalue weighted by molar-refractivity contribution is 5.34. The van der Waals surface area contributed by atoms with Crippen LogP contribution in [-0.2, 0) is 0 Å². The molecule has 2 rings (SSSR count). The Labute approximate surface area is 99.1 Å². The maximum atomic E-state index is 13.5. The molecule has 0 aliphatic rings. The minimum Gasteiger partial charge on any atom is -0.497 e. The summed E-state index contributed by atoms with van der Waals surface area (Å²) >= 11 is 0. The fraction of sp³-hybridized carbons (Fsp3) is 0.154. The van der Waals surface area contributed by atoms with Crippen molar-refractivity contribution in [2.45, 2.75) is 6.04 Å². The van der Waals surface area contributed by atoms with Gasteiger partial charge < -0.3 is 10.5 Å². The molecule has 1 aromatic carbocycles. The van der Waals surface area contributed by atoms with Gasteiger partial charge in [-0.3, -0.25) is 4.98 Å². The summed E-state index contributed by atoms with van der Waals surface area (Å²) in [5.74, 6) is 0.354. The van der Waals surface area contributed by atoms with Gasteiger partial charge in [0.1, 0.15) is 11.6 Å². The van der Waals surface area contributed by atoms with Crippen molar-refractivity contribution < 1.29 is 9.13 Å². The van der Waals surface area contributed by atoms with E-state index < -0.39 is 11.9 Å². The molecule has 1 unspecified atom stereocenters. The summed E-state index contributed by atoms with van der Waals surface area (Å²) in [6.45, 7) is 0. The molecule has 1 heterocycles. The van der Waals surface area contributed by atoms with Crippen LogP contribution in [0.2, 0.25) is 0 Å². The van der Waals surface area contributed by atoms with Crippen LogP contribution in [0, 0.1) is 5.82 Å². The molecule has 2 N–H and O–H groups in total. The van der Waals surface area contributed by atoms with Gasteiger partial charge in [-0.05, 0) is 23.8 Å². The maximum Gasteiger partial charge on any atom is 0.146 e. The fourth-order valence-electron chi connectivity index (χ4n) is 1.63. The third-order valence-electron chi connectivity index (χ3n) is 2.61. The summed E-state index contributed by atoms with van der Waals surface area (Å²) in [5, 5.41) is 0. The second kappa shape index (κ2) is 4.93. The molecule has 0 saturated carbocycles. The number of benzene rings is 1. The van der Waals surface area contributed by atoms with E-state index in [1.54, 1.807) is 25.3 Å². The predicted molar refractivity (Wildman–Crippen MR) is 63.2 cm³/mol. The minimum absolute atomic E-state index is 0.393. The molecule has 0 amide bonds. The molecular formula is C13H13FN2O. The van der Waals surface area contributed by atoms with Crippen molar-refractivity contribution in [2.75, 3.05) is 7.11 Å². The molecule has 1 atom stereocenters. The lowest BCUT2D eigenvalue weighted by atomic mass is 10.0. The van der Waals surface area contributed by atoms with Crippen molar-refractivity contribution in [1.82, 2.24) is 4.98 Å². The number of ether oxygens (including phenoxy) is 1.